The summed E-state index contributed by atoms with van der Waals surface area (Å²) < 4.78 is 26.5. The van der Waals surface area contributed by atoms with Gasteiger partial charge in [-0.3, -0.25) is 4.98 Å². The summed E-state index contributed by atoms with van der Waals surface area (Å²) in [7, 11) is -3.38. The number of pyridine rings is 1. The number of hydrogen-bond donors (Lipinski definition) is 1. The van der Waals surface area contributed by atoms with Crippen LogP contribution in [0.3, 0.4) is 0 Å². The minimum atomic E-state index is -3.38. The molecule has 0 aliphatic rings. The highest BCUT2D eigenvalue weighted by molar-refractivity contribution is 7.88. The third-order valence-electron chi connectivity index (χ3n) is 2.90. The van der Waals surface area contributed by atoms with Crippen molar-refractivity contribution in [2.75, 3.05) is 6.54 Å². The van der Waals surface area contributed by atoms with Crippen LogP contribution in [0.2, 0.25) is 0 Å². The van der Waals surface area contributed by atoms with E-state index in [2.05, 4.69) is 9.71 Å². The molecule has 0 amide bonds. The highest BCUT2D eigenvalue weighted by Gasteiger charge is 2.10. The minimum absolute atomic E-state index is 0.0915. The van der Waals surface area contributed by atoms with Crippen molar-refractivity contribution in [3.05, 3.63) is 65.5 Å². The maximum Gasteiger partial charge on any atom is 0.215 e. The van der Waals surface area contributed by atoms with Crippen molar-refractivity contribution in [3.8, 4) is 6.07 Å². The summed E-state index contributed by atoms with van der Waals surface area (Å²) in [6.07, 6.45) is 3.99. The normalized spacial score (nSPS) is 11.0. The van der Waals surface area contributed by atoms with Gasteiger partial charge in [-0.15, -0.1) is 0 Å². The van der Waals surface area contributed by atoms with Crippen molar-refractivity contribution >= 4 is 10.0 Å². The summed E-state index contributed by atoms with van der Waals surface area (Å²) in [6, 6.07) is 12.2. The van der Waals surface area contributed by atoms with Crippen LogP contribution >= 0.6 is 0 Å². The van der Waals surface area contributed by atoms with Gasteiger partial charge in [-0.25, -0.2) is 13.1 Å². The van der Waals surface area contributed by atoms with Gasteiger partial charge >= 0.3 is 0 Å². The van der Waals surface area contributed by atoms with Crippen LogP contribution in [0.25, 0.3) is 0 Å². The molecule has 1 aromatic carbocycles. The molecule has 1 heterocycles. The summed E-state index contributed by atoms with van der Waals surface area (Å²) in [6.45, 7) is 0.338. The molecule has 1 N–H and O–H groups in total. The molecule has 0 aliphatic carbocycles. The fraction of sp³-hybridized carbons (Fsp3) is 0.200. The molecule has 0 saturated carbocycles. The SMILES string of the molecule is N#Cc1ccc(CS(=O)(=O)NCCc2cccnc2)cc1. The molecule has 0 fully saturated rings. The first-order chi connectivity index (χ1) is 10.1. The zero-order chi connectivity index (χ0) is 15.1. The second kappa shape index (κ2) is 6.97. The molecule has 0 aliphatic heterocycles. The van der Waals surface area contributed by atoms with Crippen LogP contribution in [0.5, 0.6) is 0 Å². The van der Waals surface area contributed by atoms with Gasteiger partial charge in [-0.05, 0) is 35.7 Å². The quantitative estimate of drug-likeness (QED) is 0.878. The van der Waals surface area contributed by atoms with Crippen LogP contribution in [-0.2, 0) is 22.2 Å². The van der Waals surface area contributed by atoms with Gasteiger partial charge in [0.2, 0.25) is 10.0 Å². The van der Waals surface area contributed by atoms with E-state index in [-0.39, 0.29) is 5.75 Å². The van der Waals surface area contributed by atoms with Gasteiger partial charge in [-0.1, -0.05) is 18.2 Å². The lowest BCUT2D eigenvalue weighted by molar-refractivity contribution is 0.580. The molecular formula is C15H15N3O2S. The Morgan fingerprint density at radius 1 is 1.14 bits per heavy atom. The van der Waals surface area contributed by atoms with Gasteiger partial charge in [0, 0.05) is 18.9 Å². The molecule has 1 aromatic heterocycles. The predicted octanol–water partition coefficient (Wildman–Crippen LogP) is 1.62. The fourth-order valence-electron chi connectivity index (χ4n) is 1.84. The van der Waals surface area contributed by atoms with E-state index in [1.807, 2.05) is 18.2 Å². The number of nitriles is 1. The number of rotatable bonds is 6. The number of nitrogens with one attached hydrogen (secondary N) is 1. The lowest BCUT2D eigenvalue weighted by Gasteiger charge is -2.07. The van der Waals surface area contributed by atoms with E-state index in [4.69, 9.17) is 5.26 Å². The monoisotopic (exact) mass is 301 g/mol. The van der Waals surface area contributed by atoms with Crippen LogP contribution in [-0.4, -0.2) is 19.9 Å². The van der Waals surface area contributed by atoms with Gasteiger partial charge in [0.05, 0.1) is 17.4 Å². The number of aromatic nitrogens is 1. The topological polar surface area (TPSA) is 82.8 Å². The van der Waals surface area contributed by atoms with Crippen molar-refractivity contribution in [3.63, 3.8) is 0 Å². The standard InChI is InChI=1S/C15H15N3O2S/c16-10-13-3-5-15(6-4-13)12-21(19,20)18-9-7-14-2-1-8-17-11-14/h1-6,8,11,18H,7,9,12H2. The largest absolute Gasteiger partial charge is 0.264 e. The van der Waals surface area contributed by atoms with Crippen molar-refractivity contribution in [1.82, 2.24) is 9.71 Å². The Morgan fingerprint density at radius 2 is 1.90 bits per heavy atom. The maximum atomic E-state index is 12.0. The molecule has 108 valence electrons. The molecule has 2 aromatic rings. The highest BCUT2D eigenvalue weighted by Crippen LogP contribution is 2.07. The Hall–Kier alpha value is -2.23. The van der Waals surface area contributed by atoms with E-state index in [0.717, 1.165) is 5.56 Å². The lowest BCUT2D eigenvalue weighted by atomic mass is 10.2. The average molecular weight is 301 g/mol. The summed E-state index contributed by atoms with van der Waals surface area (Å²) in [5, 5.41) is 8.70. The van der Waals surface area contributed by atoms with Crippen molar-refractivity contribution in [2.24, 2.45) is 0 Å². The van der Waals surface area contributed by atoms with Gasteiger partial charge in [0.15, 0.2) is 0 Å². The third kappa shape index (κ3) is 4.99. The van der Waals surface area contributed by atoms with Crippen LogP contribution < -0.4 is 4.72 Å². The van der Waals surface area contributed by atoms with Crippen molar-refractivity contribution in [2.45, 2.75) is 12.2 Å². The molecule has 0 radical (unpaired) electrons. The van der Waals surface area contributed by atoms with Gasteiger partial charge < -0.3 is 0 Å². The Balaban J connectivity index is 1.88. The van der Waals surface area contributed by atoms with Crippen LogP contribution in [0.15, 0.2) is 48.8 Å². The van der Waals surface area contributed by atoms with Crippen LogP contribution in [0.1, 0.15) is 16.7 Å². The van der Waals surface area contributed by atoms with Crippen molar-refractivity contribution in [1.29, 1.82) is 5.26 Å². The Morgan fingerprint density at radius 3 is 2.52 bits per heavy atom. The molecular weight excluding hydrogens is 286 g/mol. The van der Waals surface area contributed by atoms with Gasteiger partial charge in [0.25, 0.3) is 0 Å². The smallest absolute Gasteiger partial charge is 0.215 e. The summed E-state index contributed by atoms with van der Waals surface area (Å²) in [5.74, 6) is -0.0915. The Bertz CT molecular complexity index is 720. The summed E-state index contributed by atoms with van der Waals surface area (Å²) in [4.78, 5) is 3.98. The van der Waals surface area contributed by atoms with Crippen LogP contribution in [0, 0.1) is 11.3 Å². The average Bonchev–Trinajstić information content (AvgIpc) is 2.48. The zero-order valence-corrected chi connectivity index (χ0v) is 12.2. The summed E-state index contributed by atoms with van der Waals surface area (Å²) >= 11 is 0. The maximum absolute atomic E-state index is 12.0. The van der Waals surface area contributed by atoms with Gasteiger partial charge in [0.1, 0.15) is 0 Å². The molecule has 6 heteroatoms. The van der Waals surface area contributed by atoms with E-state index in [1.54, 1.807) is 36.7 Å². The number of benzene rings is 1. The molecule has 21 heavy (non-hydrogen) atoms. The Kier molecular flexibility index (Phi) is 5.04. The van der Waals surface area contributed by atoms with E-state index in [0.29, 0.717) is 24.1 Å². The van der Waals surface area contributed by atoms with E-state index >= 15 is 0 Å². The number of hydrogen-bond acceptors (Lipinski definition) is 4. The molecule has 2 rings (SSSR count). The van der Waals surface area contributed by atoms with E-state index in [1.165, 1.54) is 0 Å². The predicted molar refractivity (Wildman–Crippen MR) is 79.7 cm³/mol. The van der Waals surface area contributed by atoms with Crippen LogP contribution in [0.4, 0.5) is 0 Å². The van der Waals surface area contributed by atoms with Crippen molar-refractivity contribution < 1.29 is 8.42 Å². The first-order valence-electron chi connectivity index (χ1n) is 6.44. The zero-order valence-electron chi connectivity index (χ0n) is 11.4. The minimum Gasteiger partial charge on any atom is -0.264 e. The molecule has 0 unspecified atom stereocenters. The lowest BCUT2D eigenvalue weighted by Crippen LogP contribution is -2.27. The molecule has 0 bridgehead atoms. The molecule has 5 nitrogen and oxygen atoms in total. The van der Waals surface area contributed by atoms with E-state index < -0.39 is 10.0 Å². The first-order valence-corrected chi connectivity index (χ1v) is 8.09. The number of sulfonamides is 1. The molecule has 0 spiro atoms. The summed E-state index contributed by atoms with van der Waals surface area (Å²) in [5.41, 5.74) is 2.15. The molecule has 0 atom stereocenters. The second-order valence-corrected chi connectivity index (χ2v) is 6.38. The Labute approximate surface area is 124 Å². The molecule has 0 saturated heterocycles. The fourth-order valence-corrected chi connectivity index (χ4v) is 2.99. The highest BCUT2D eigenvalue weighted by atomic mass is 32.2. The first kappa shape index (κ1) is 15.2. The van der Waals surface area contributed by atoms with E-state index in [9.17, 15) is 8.42 Å². The second-order valence-electron chi connectivity index (χ2n) is 4.57. The third-order valence-corrected chi connectivity index (χ3v) is 4.26. The van der Waals surface area contributed by atoms with Gasteiger partial charge in [-0.2, -0.15) is 5.26 Å². The number of nitrogens with zero attached hydrogens (tertiary/aromatic N) is 2.